The van der Waals surface area contributed by atoms with Gasteiger partial charge in [0.1, 0.15) is 0 Å². The Balaban J connectivity index is 2.09. The Bertz CT molecular complexity index is 593. The predicted molar refractivity (Wildman–Crippen MR) is 100 cm³/mol. The minimum atomic E-state index is -0.745. The quantitative estimate of drug-likeness (QED) is 0.744. The molecule has 0 bridgehead atoms. The lowest BCUT2D eigenvalue weighted by Gasteiger charge is -2.25. The number of nitrogens with zero attached hydrogens (tertiary/aromatic N) is 1. The van der Waals surface area contributed by atoms with E-state index in [1.165, 1.54) is 0 Å². The fourth-order valence-corrected chi connectivity index (χ4v) is 2.58. The van der Waals surface area contributed by atoms with Crippen molar-refractivity contribution in [3.05, 3.63) is 83.9 Å². The first-order chi connectivity index (χ1) is 11.6. The van der Waals surface area contributed by atoms with Gasteiger partial charge in [0.25, 0.3) is 0 Å². The molecule has 24 heavy (non-hydrogen) atoms. The number of hydrogen-bond donors (Lipinski definition) is 2. The molecule has 0 fully saturated rings. The Kier molecular flexibility index (Phi) is 6.94. The number of aliphatic hydroxyl groups excluding tert-OH is 2. The molecule has 0 aliphatic heterocycles. The fraction of sp³-hybridized carbons (Fsp3) is 0.238. The number of hydrogen-bond acceptors (Lipinski definition) is 3. The van der Waals surface area contributed by atoms with Crippen LogP contribution in [0.25, 0.3) is 12.2 Å². The highest BCUT2D eigenvalue weighted by Gasteiger charge is 2.12. The van der Waals surface area contributed by atoms with Crippen LogP contribution in [-0.2, 0) is 13.1 Å². The molecule has 0 radical (unpaired) electrons. The highest BCUT2D eigenvalue weighted by Crippen LogP contribution is 2.13. The molecule has 1 unspecified atom stereocenters. The normalized spacial score (nSPS) is 12.1. The van der Waals surface area contributed by atoms with E-state index in [9.17, 15) is 5.11 Å². The summed E-state index contributed by atoms with van der Waals surface area (Å²) in [6.07, 6.45) is 2.89. The zero-order valence-corrected chi connectivity index (χ0v) is 13.9. The lowest BCUT2D eigenvalue weighted by Crippen LogP contribution is -2.33. The smallest absolute Gasteiger partial charge is 0.0897 e. The molecule has 0 spiro atoms. The van der Waals surface area contributed by atoms with E-state index in [1.807, 2.05) is 36.4 Å². The maximum Gasteiger partial charge on any atom is 0.0897 e. The van der Waals surface area contributed by atoms with E-state index in [2.05, 4.69) is 42.3 Å². The third-order valence-electron chi connectivity index (χ3n) is 3.92. The number of rotatable bonds is 9. The zero-order chi connectivity index (χ0) is 17.4. The third kappa shape index (κ3) is 5.46. The van der Waals surface area contributed by atoms with Crippen LogP contribution < -0.4 is 0 Å². The van der Waals surface area contributed by atoms with E-state index >= 15 is 0 Å². The summed E-state index contributed by atoms with van der Waals surface area (Å²) in [6.45, 7) is 9.12. The van der Waals surface area contributed by atoms with Crippen molar-refractivity contribution in [2.75, 3.05) is 13.2 Å². The highest BCUT2D eigenvalue weighted by molar-refractivity contribution is 5.47. The zero-order valence-electron chi connectivity index (χ0n) is 13.9. The molecule has 126 valence electrons. The Hall–Kier alpha value is -2.20. The van der Waals surface area contributed by atoms with Crippen LogP contribution in [0.2, 0.25) is 0 Å². The topological polar surface area (TPSA) is 43.7 Å². The van der Waals surface area contributed by atoms with Gasteiger partial charge in [-0.25, -0.2) is 0 Å². The molecule has 2 aromatic carbocycles. The second-order valence-corrected chi connectivity index (χ2v) is 5.90. The molecule has 3 nitrogen and oxygen atoms in total. The molecule has 0 aromatic heterocycles. The summed E-state index contributed by atoms with van der Waals surface area (Å²) in [5.41, 5.74) is 4.49. The lowest BCUT2D eigenvalue weighted by atomic mass is 10.1. The molecular formula is C21H25NO2. The van der Waals surface area contributed by atoms with Crippen LogP contribution in [0.5, 0.6) is 0 Å². The van der Waals surface area contributed by atoms with Crippen molar-refractivity contribution in [1.82, 2.24) is 4.90 Å². The van der Waals surface area contributed by atoms with Gasteiger partial charge in [0.05, 0.1) is 12.7 Å². The molecule has 0 heterocycles. The maximum absolute atomic E-state index is 9.83. The van der Waals surface area contributed by atoms with Crippen LogP contribution in [0.15, 0.2) is 61.7 Å². The molecule has 1 atom stereocenters. The Morgan fingerprint density at radius 2 is 1.25 bits per heavy atom. The summed E-state index contributed by atoms with van der Waals surface area (Å²) in [5, 5.41) is 19.0. The van der Waals surface area contributed by atoms with Crippen molar-refractivity contribution in [2.24, 2.45) is 0 Å². The van der Waals surface area contributed by atoms with Gasteiger partial charge in [-0.2, -0.15) is 0 Å². The summed E-state index contributed by atoms with van der Waals surface area (Å²) in [7, 11) is 0. The molecule has 2 N–H and O–H groups in total. The summed E-state index contributed by atoms with van der Waals surface area (Å²) in [6, 6.07) is 16.4. The van der Waals surface area contributed by atoms with Crippen LogP contribution in [0.1, 0.15) is 22.3 Å². The van der Waals surface area contributed by atoms with Gasteiger partial charge in [0.2, 0.25) is 0 Å². The summed E-state index contributed by atoms with van der Waals surface area (Å²) in [4.78, 5) is 2.13. The second kappa shape index (κ2) is 9.18. The Labute approximate surface area is 144 Å². The average molecular weight is 323 g/mol. The van der Waals surface area contributed by atoms with E-state index in [0.717, 1.165) is 22.3 Å². The molecule has 2 rings (SSSR count). The largest absolute Gasteiger partial charge is 0.394 e. The molecule has 0 saturated heterocycles. The Morgan fingerprint density at radius 1 is 0.833 bits per heavy atom. The van der Waals surface area contributed by atoms with Crippen molar-refractivity contribution >= 4 is 12.2 Å². The number of aliphatic hydroxyl groups is 2. The first kappa shape index (κ1) is 18.1. The molecule has 0 aliphatic carbocycles. The van der Waals surface area contributed by atoms with Crippen molar-refractivity contribution in [3.8, 4) is 0 Å². The monoisotopic (exact) mass is 323 g/mol. The molecule has 0 saturated carbocycles. The molecule has 0 amide bonds. The minimum absolute atomic E-state index is 0.235. The fourth-order valence-electron chi connectivity index (χ4n) is 2.58. The summed E-state index contributed by atoms with van der Waals surface area (Å²) < 4.78 is 0. The average Bonchev–Trinajstić information content (AvgIpc) is 2.62. The maximum atomic E-state index is 9.83. The standard InChI is InChI=1S/C21H25NO2/c1-3-17-5-9-19(10-6-17)13-22(15-21(24)16-23)14-20-11-7-18(4-2)8-12-20/h3-12,21,23-24H,1-2,13-16H2. The first-order valence-electron chi connectivity index (χ1n) is 8.08. The third-order valence-corrected chi connectivity index (χ3v) is 3.92. The van der Waals surface area contributed by atoms with Gasteiger partial charge in [0, 0.05) is 19.6 Å². The van der Waals surface area contributed by atoms with Crippen molar-refractivity contribution in [1.29, 1.82) is 0 Å². The first-order valence-corrected chi connectivity index (χ1v) is 8.08. The van der Waals surface area contributed by atoms with E-state index in [4.69, 9.17) is 5.11 Å². The van der Waals surface area contributed by atoms with Gasteiger partial charge in [-0.15, -0.1) is 0 Å². The summed E-state index contributed by atoms with van der Waals surface area (Å²) in [5.74, 6) is 0. The van der Waals surface area contributed by atoms with Crippen LogP contribution in [0, 0.1) is 0 Å². The van der Waals surface area contributed by atoms with Gasteiger partial charge in [0.15, 0.2) is 0 Å². The van der Waals surface area contributed by atoms with Gasteiger partial charge in [-0.05, 0) is 22.3 Å². The van der Waals surface area contributed by atoms with Crippen molar-refractivity contribution < 1.29 is 10.2 Å². The second-order valence-electron chi connectivity index (χ2n) is 5.90. The Morgan fingerprint density at radius 3 is 1.58 bits per heavy atom. The van der Waals surface area contributed by atoms with Crippen LogP contribution >= 0.6 is 0 Å². The van der Waals surface area contributed by atoms with Gasteiger partial charge in [-0.1, -0.05) is 73.8 Å². The van der Waals surface area contributed by atoms with E-state index < -0.39 is 6.10 Å². The van der Waals surface area contributed by atoms with Gasteiger partial charge >= 0.3 is 0 Å². The predicted octanol–water partition coefficient (Wildman–Crippen LogP) is 3.33. The highest BCUT2D eigenvalue weighted by atomic mass is 16.3. The lowest BCUT2D eigenvalue weighted by molar-refractivity contribution is 0.0542. The van der Waals surface area contributed by atoms with E-state index in [0.29, 0.717) is 19.6 Å². The SMILES string of the molecule is C=Cc1ccc(CN(Cc2ccc(C=C)cc2)CC(O)CO)cc1. The van der Waals surface area contributed by atoms with E-state index in [1.54, 1.807) is 0 Å². The summed E-state index contributed by atoms with van der Waals surface area (Å²) >= 11 is 0. The number of benzene rings is 2. The molecular weight excluding hydrogens is 298 g/mol. The molecule has 2 aromatic rings. The van der Waals surface area contributed by atoms with Gasteiger partial charge < -0.3 is 10.2 Å². The molecule has 3 heteroatoms. The van der Waals surface area contributed by atoms with Crippen molar-refractivity contribution in [2.45, 2.75) is 19.2 Å². The van der Waals surface area contributed by atoms with Crippen molar-refractivity contribution in [3.63, 3.8) is 0 Å². The van der Waals surface area contributed by atoms with Gasteiger partial charge in [-0.3, -0.25) is 4.90 Å². The van der Waals surface area contributed by atoms with Crippen LogP contribution in [0.3, 0.4) is 0 Å². The van der Waals surface area contributed by atoms with Crippen LogP contribution in [-0.4, -0.2) is 34.4 Å². The van der Waals surface area contributed by atoms with E-state index in [-0.39, 0.29) is 6.61 Å². The van der Waals surface area contributed by atoms with Crippen LogP contribution in [0.4, 0.5) is 0 Å². The minimum Gasteiger partial charge on any atom is -0.394 e. The molecule has 0 aliphatic rings.